The van der Waals surface area contributed by atoms with Gasteiger partial charge in [0.05, 0.1) is 16.5 Å². The number of hydrogen-bond acceptors (Lipinski definition) is 6. The van der Waals surface area contributed by atoms with Crippen molar-refractivity contribution >= 4 is 64.2 Å². The van der Waals surface area contributed by atoms with Gasteiger partial charge in [0.15, 0.2) is 0 Å². The van der Waals surface area contributed by atoms with Gasteiger partial charge in [-0.25, -0.2) is 0 Å². The summed E-state index contributed by atoms with van der Waals surface area (Å²) in [6, 6.07) is 24.1. The first kappa shape index (κ1) is 28.3. The highest BCUT2D eigenvalue weighted by Gasteiger charge is 2.18. The Balaban J connectivity index is 1.40. The van der Waals surface area contributed by atoms with Crippen LogP contribution in [0, 0.1) is 0 Å². The largest absolute Gasteiger partial charge is 0.366 e. The summed E-state index contributed by atoms with van der Waals surface area (Å²) >= 11 is 2.80. The maximum atomic E-state index is 13.1. The molecule has 4 aromatic rings. The molecular formula is C30H26N4O4S2. The molecule has 0 spiro atoms. The standard InChI is InChI=1S/C30H26N4O4S2/c1-19(28(36)33-25-10-6-5-9-24(25)27(31)35)40-23-13-11-22(12-14-23)32-30(38)26(17-20-15-16-39-18-20)34-29(37)21-7-3-2-4-8-21/h2-19H,1H3,(H2,31,35)(H,32,38)(H,33,36)(H,34,37)/b26-17-. The van der Waals surface area contributed by atoms with Crippen LogP contribution in [0.2, 0.25) is 0 Å². The molecule has 4 rings (SSSR count). The number of benzene rings is 3. The molecule has 1 unspecified atom stereocenters. The summed E-state index contributed by atoms with van der Waals surface area (Å²) in [5, 5.41) is 11.6. The van der Waals surface area contributed by atoms with Crippen molar-refractivity contribution in [2.75, 3.05) is 10.6 Å². The number of thioether (sulfide) groups is 1. The van der Waals surface area contributed by atoms with Gasteiger partial charge in [0.2, 0.25) is 5.91 Å². The molecule has 0 fully saturated rings. The summed E-state index contributed by atoms with van der Waals surface area (Å²) in [6.45, 7) is 1.75. The van der Waals surface area contributed by atoms with E-state index in [0.29, 0.717) is 16.9 Å². The van der Waals surface area contributed by atoms with Gasteiger partial charge >= 0.3 is 0 Å². The predicted octanol–water partition coefficient (Wildman–Crippen LogP) is 5.38. The van der Waals surface area contributed by atoms with Crippen molar-refractivity contribution in [3.05, 3.63) is 118 Å². The fourth-order valence-corrected chi connectivity index (χ4v) is 5.07. The van der Waals surface area contributed by atoms with Gasteiger partial charge < -0.3 is 21.7 Å². The molecule has 202 valence electrons. The van der Waals surface area contributed by atoms with Crippen molar-refractivity contribution in [1.82, 2.24) is 5.32 Å². The maximum absolute atomic E-state index is 13.1. The van der Waals surface area contributed by atoms with Crippen LogP contribution in [0.15, 0.2) is 106 Å². The Morgan fingerprint density at radius 2 is 1.57 bits per heavy atom. The fourth-order valence-electron chi connectivity index (χ4n) is 3.58. The molecule has 0 radical (unpaired) electrons. The monoisotopic (exact) mass is 570 g/mol. The van der Waals surface area contributed by atoms with Crippen LogP contribution in [0.5, 0.6) is 0 Å². The molecule has 1 aromatic heterocycles. The maximum Gasteiger partial charge on any atom is 0.272 e. The second-order valence-electron chi connectivity index (χ2n) is 8.57. The Labute approximate surface area is 239 Å². The van der Waals surface area contributed by atoms with Gasteiger partial charge in [0.1, 0.15) is 5.70 Å². The van der Waals surface area contributed by atoms with Gasteiger partial charge in [-0.15, -0.1) is 11.8 Å². The Bertz CT molecular complexity index is 1540. The zero-order valence-electron chi connectivity index (χ0n) is 21.4. The zero-order valence-corrected chi connectivity index (χ0v) is 23.1. The first-order chi connectivity index (χ1) is 19.3. The quantitative estimate of drug-likeness (QED) is 0.150. The number of anilines is 2. The van der Waals surface area contributed by atoms with Crippen LogP contribution in [0.25, 0.3) is 6.08 Å². The van der Waals surface area contributed by atoms with Gasteiger partial charge in [-0.2, -0.15) is 11.3 Å². The van der Waals surface area contributed by atoms with Gasteiger partial charge in [-0.3, -0.25) is 19.2 Å². The average molecular weight is 571 g/mol. The van der Waals surface area contributed by atoms with Crippen LogP contribution in [-0.2, 0) is 9.59 Å². The first-order valence-electron chi connectivity index (χ1n) is 12.2. The smallest absolute Gasteiger partial charge is 0.272 e. The third kappa shape index (κ3) is 7.68. The molecule has 0 aliphatic heterocycles. The lowest BCUT2D eigenvalue weighted by Gasteiger charge is -2.14. The number of nitrogens with two attached hydrogens (primary N) is 1. The molecule has 0 aliphatic carbocycles. The van der Waals surface area contributed by atoms with Crippen molar-refractivity contribution in [2.24, 2.45) is 5.73 Å². The molecule has 1 heterocycles. The fraction of sp³-hybridized carbons (Fsp3) is 0.0667. The second kappa shape index (κ2) is 13.4. The number of carbonyl (C=O) groups is 4. The van der Waals surface area contributed by atoms with Gasteiger partial charge in [-0.1, -0.05) is 30.3 Å². The van der Waals surface area contributed by atoms with E-state index in [1.807, 2.05) is 22.9 Å². The number of amides is 4. The highest BCUT2D eigenvalue weighted by Crippen LogP contribution is 2.26. The number of carbonyl (C=O) groups excluding carboxylic acids is 4. The number of nitrogens with one attached hydrogen (secondary N) is 3. The third-order valence-corrected chi connectivity index (χ3v) is 7.44. The lowest BCUT2D eigenvalue weighted by atomic mass is 10.1. The van der Waals surface area contributed by atoms with Crippen LogP contribution >= 0.6 is 23.1 Å². The van der Waals surface area contributed by atoms with E-state index in [2.05, 4.69) is 16.0 Å². The summed E-state index contributed by atoms with van der Waals surface area (Å²) in [5.41, 5.74) is 7.84. The van der Waals surface area contributed by atoms with Crippen molar-refractivity contribution in [2.45, 2.75) is 17.1 Å². The van der Waals surface area contributed by atoms with E-state index in [9.17, 15) is 19.2 Å². The molecule has 0 saturated carbocycles. The topological polar surface area (TPSA) is 130 Å². The molecule has 0 saturated heterocycles. The average Bonchev–Trinajstić information content (AvgIpc) is 3.47. The van der Waals surface area contributed by atoms with E-state index >= 15 is 0 Å². The summed E-state index contributed by atoms with van der Waals surface area (Å²) in [5.74, 6) is -1.78. The number of rotatable bonds is 10. The van der Waals surface area contributed by atoms with Gasteiger partial charge in [0.25, 0.3) is 17.7 Å². The lowest BCUT2D eigenvalue weighted by molar-refractivity contribution is -0.115. The minimum absolute atomic E-state index is 0.104. The van der Waals surface area contributed by atoms with Gasteiger partial charge in [-0.05, 0) is 83.9 Å². The minimum atomic E-state index is -0.623. The number of primary amides is 1. The molecule has 40 heavy (non-hydrogen) atoms. The van der Waals surface area contributed by atoms with E-state index in [0.717, 1.165) is 10.5 Å². The summed E-state index contributed by atoms with van der Waals surface area (Å²) in [6.07, 6.45) is 1.62. The molecule has 0 bridgehead atoms. The SMILES string of the molecule is CC(Sc1ccc(NC(=O)/C(=C/c2ccsc2)NC(=O)c2ccccc2)cc1)C(=O)Nc1ccccc1C(N)=O. The second-order valence-corrected chi connectivity index (χ2v) is 10.8. The van der Waals surface area contributed by atoms with Crippen LogP contribution in [0.4, 0.5) is 11.4 Å². The zero-order chi connectivity index (χ0) is 28.5. The van der Waals surface area contributed by atoms with E-state index in [4.69, 9.17) is 5.73 Å². The molecule has 8 nitrogen and oxygen atoms in total. The Hall–Kier alpha value is -4.67. The number of thiophene rings is 1. The van der Waals surface area contributed by atoms with Crippen molar-refractivity contribution in [1.29, 1.82) is 0 Å². The Kier molecular flexibility index (Phi) is 9.50. The Morgan fingerprint density at radius 1 is 0.875 bits per heavy atom. The highest BCUT2D eigenvalue weighted by molar-refractivity contribution is 8.00. The van der Waals surface area contributed by atoms with Crippen LogP contribution in [0.3, 0.4) is 0 Å². The lowest BCUT2D eigenvalue weighted by Crippen LogP contribution is -2.30. The Morgan fingerprint density at radius 3 is 2.25 bits per heavy atom. The first-order valence-corrected chi connectivity index (χ1v) is 14.0. The molecule has 4 amide bonds. The third-order valence-electron chi connectivity index (χ3n) is 5.63. The van der Waals surface area contributed by atoms with E-state index in [1.54, 1.807) is 85.8 Å². The highest BCUT2D eigenvalue weighted by atomic mass is 32.2. The van der Waals surface area contributed by atoms with Crippen LogP contribution in [0.1, 0.15) is 33.2 Å². The van der Waals surface area contributed by atoms with E-state index in [-0.39, 0.29) is 17.2 Å². The van der Waals surface area contributed by atoms with E-state index in [1.165, 1.54) is 23.1 Å². The number of para-hydroxylation sites is 1. The molecule has 3 aromatic carbocycles. The van der Waals surface area contributed by atoms with Crippen molar-refractivity contribution in [3.63, 3.8) is 0 Å². The van der Waals surface area contributed by atoms with Gasteiger partial charge in [0, 0.05) is 16.1 Å². The summed E-state index contributed by atoms with van der Waals surface area (Å²) in [7, 11) is 0. The van der Waals surface area contributed by atoms with Crippen molar-refractivity contribution < 1.29 is 19.2 Å². The van der Waals surface area contributed by atoms with Crippen LogP contribution in [-0.4, -0.2) is 28.9 Å². The molecule has 1 atom stereocenters. The molecule has 5 N–H and O–H groups in total. The summed E-state index contributed by atoms with van der Waals surface area (Å²) in [4.78, 5) is 51.0. The molecule has 10 heteroatoms. The van der Waals surface area contributed by atoms with E-state index < -0.39 is 23.0 Å². The molecular weight excluding hydrogens is 544 g/mol. The number of hydrogen-bond donors (Lipinski definition) is 4. The predicted molar refractivity (Wildman–Crippen MR) is 160 cm³/mol. The van der Waals surface area contributed by atoms with Crippen LogP contribution < -0.4 is 21.7 Å². The summed E-state index contributed by atoms with van der Waals surface area (Å²) < 4.78 is 0. The molecule has 0 aliphatic rings. The minimum Gasteiger partial charge on any atom is -0.366 e. The van der Waals surface area contributed by atoms with Crippen molar-refractivity contribution in [3.8, 4) is 0 Å². The normalized spacial score (nSPS) is 11.8.